The molecule has 2 heterocycles. The maximum atomic E-state index is 11.9. The summed E-state index contributed by atoms with van der Waals surface area (Å²) in [4.78, 5) is 22.8. The summed E-state index contributed by atoms with van der Waals surface area (Å²) in [6.07, 6.45) is 4.53. The predicted octanol–water partition coefficient (Wildman–Crippen LogP) is 2.86. The molecule has 0 spiro atoms. The fourth-order valence-electron chi connectivity index (χ4n) is 1.76. The van der Waals surface area contributed by atoms with Crippen LogP contribution in [0.3, 0.4) is 0 Å². The number of hydrogen-bond donors (Lipinski definition) is 2. The van der Waals surface area contributed by atoms with Gasteiger partial charge in [-0.15, -0.1) is 0 Å². The van der Waals surface area contributed by atoms with Crippen molar-refractivity contribution >= 4 is 34.1 Å². The van der Waals surface area contributed by atoms with Crippen molar-refractivity contribution in [2.45, 2.75) is 0 Å². The molecule has 94 valence electrons. The summed E-state index contributed by atoms with van der Waals surface area (Å²) in [6.45, 7) is 0. The first-order valence-corrected chi connectivity index (χ1v) is 5.96. The van der Waals surface area contributed by atoms with Crippen LogP contribution < -0.4 is 5.32 Å². The lowest BCUT2D eigenvalue weighted by atomic mass is 10.2. The van der Waals surface area contributed by atoms with Crippen LogP contribution in [0.2, 0.25) is 5.15 Å². The fourth-order valence-corrected chi connectivity index (χ4v) is 1.85. The van der Waals surface area contributed by atoms with Gasteiger partial charge in [0, 0.05) is 22.8 Å². The molecule has 6 heteroatoms. The van der Waals surface area contributed by atoms with Gasteiger partial charge in [0.2, 0.25) is 0 Å². The maximum Gasteiger partial charge on any atom is 0.275 e. The highest BCUT2D eigenvalue weighted by atomic mass is 35.5. The summed E-state index contributed by atoms with van der Waals surface area (Å²) in [7, 11) is 0. The molecule has 0 radical (unpaired) electrons. The SMILES string of the molecule is O=C(Nc1ccc2[nH]ccc2c1)c1cnc(Cl)cn1. The lowest BCUT2D eigenvalue weighted by Crippen LogP contribution is -2.13. The first kappa shape index (κ1) is 11.7. The minimum absolute atomic E-state index is 0.221. The zero-order valence-electron chi connectivity index (χ0n) is 9.72. The molecule has 0 saturated heterocycles. The van der Waals surface area contributed by atoms with E-state index in [1.165, 1.54) is 12.4 Å². The summed E-state index contributed by atoms with van der Waals surface area (Å²) in [5.41, 5.74) is 1.94. The van der Waals surface area contributed by atoms with Crippen molar-refractivity contribution in [1.29, 1.82) is 0 Å². The van der Waals surface area contributed by atoms with Gasteiger partial charge in [0.1, 0.15) is 10.8 Å². The summed E-state index contributed by atoms with van der Waals surface area (Å²) in [6, 6.07) is 7.54. The van der Waals surface area contributed by atoms with Crippen molar-refractivity contribution in [2.24, 2.45) is 0 Å². The largest absolute Gasteiger partial charge is 0.361 e. The van der Waals surface area contributed by atoms with Crippen LogP contribution in [-0.4, -0.2) is 20.9 Å². The Kier molecular flexibility index (Phi) is 2.89. The third kappa shape index (κ3) is 2.41. The molecule has 2 N–H and O–H groups in total. The average Bonchev–Trinajstić information content (AvgIpc) is 2.87. The standard InChI is InChI=1S/C13H9ClN4O/c14-12-7-16-11(6-17-12)13(19)18-9-1-2-10-8(5-9)3-4-15-10/h1-7,15H,(H,18,19). The lowest BCUT2D eigenvalue weighted by molar-refractivity contribution is 0.102. The number of fused-ring (bicyclic) bond motifs is 1. The van der Waals surface area contributed by atoms with Gasteiger partial charge < -0.3 is 10.3 Å². The number of anilines is 1. The molecule has 0 atom stereocenters. The molecule has 5 nitrogen and oxygen atoms in total. The number of carbonyl (C=O) groups is 1. The van der Waals surface area contributed by atoms with Gasteiger partial charge >= 0.3 is 0 Å². The number of halogens is 1. The molecule has 0 aliphatic carbocycles. The van der Waals surface area contributed by atoms with E-state index in [1.807, 2.05) is 30.5 Å². The number of H-pyrrole nitrogens is 1. The second kappa shape index (κ2) is 4.70. The Labute approximate surface area is 113 Å². The minimum atomic E-state index is -0.320. The molecule has 3 aromatic rings. The summed E-state index contributed by atoms with van der Waals surface area (Å²) >= 11 is 5.62. The zero-order chi connectivity index (χ0) is 13.2. The first-order valence-electron chi connectivity index (χ1n) is 5.58. The number of aromatic amines is 1. The first-order chi connectivity index (χ1) is 9.22. The molecular weight excluding hydrogens is 264 g/mol. The molecule has 0 fully saturated rings. The highest BCUT2D eigenvalue weighted by Gasteiger charge is 2.08. The minimum Gasteiger partial charge on any atom is -0.361 e. The molecule has 0 aliphatic heterocycles. The Morgan fingerprint density at radius 2 is 2.11 bits per heavy atom. The van der Waals surface area contributed by atoms with Gasteiger partial charge in [-0.3, -0.25) is 4.79 Å². The lowest BCUT2D eigenvalue weighted by Gasteiger charge is -2.04. The van der Waals surface area contributed by atoms with E-state index in [0.717, 1.165) is 10.9 Å². The molecule has 1 aromatic carbocycles. The predicted molar refractivity (Wildman–Crippen MR) is 73.3 cm³/mol. The number of nitrogens with zero attached hydrogens (tertiary/aromatic N) is 2. The number of aromatic nitrogens is 3. The van der Waals surface area contributed by atoms with Gasteiger partial charge in [-0.05, 0) is 24.3 Å². The van der Waals surface area contributed by atoms with Crippen molar-refractivity contribution in [3.05, 3.63) is 53.7 Å². The van der Waals surface area contributed by atoms with E-state index in [4.69, 9.17) is 11.6 Å². The average molecular weight is 273 g/mol. The topological polar surface area (TPSA) is 70.7 Å². The number of rotatable bonds is 2. The number of benzene rings is 1. The summed E-state index contributed by atoms with van der Waals surface area (Å²) < 4.78 is 0. The fraction of sp³-hybridized carbons (Fsp3) is 0. The van der Waals surface area contributed by atoms with Crippen LogP contribution in [0.5, 0.6) is 0 Å². The third-order valence-corrected chi connectivity index (χ3v) is 2.86. The molecule has 3 rings (SSSR count). The van der Waals surface area contributed by atoms with Crippen molar-refractivity contribution in [3.8, 4) is 0 Å². The number of carbonyl (C=O) groups excluding carboxylic acids is 1. The van der Waals surface area contributed by atoms with Crippen molar-refractivity contribution in [1.82, 2.24) is 15.0 Å². The Bertz CT molecular complexity index is 736. The van der Waals surface area contributed by atoms with Crippen molar-refractivity contribution in [2.75, 3.05) is 5.32 Å². The smallest absolute Gasteiger partial charge is 0.275 e. The van der Waals surface area contributed by atoms with Crippen LogP contribution in [0.15, 0.2) is 42.9 Å². The van der Waals surface area contributed by atoms with Crippen LogP contribution in [0.1, 0.15) is 10.5 Å². The quantitative estimate of drug-likeness (QED) is 0.753. The highest BCUT2D eigenvalue weighted by Crippen LogP contribution is 2.18. The Morgan fingerprint density at radius 3 is 2.89 bits per heavy atom. The van der Waals surface area contributed by atoms with E-state index >= 15 is 0 Å². The molecule has 0 unspecified atom stereocenters. The highest BCUT2D eigenvalue weighted by molar-refractivity contribution is 6.29. The second-order valence-electron chi connectivity index (χ2n) is 3.96. The summed E-state index contributed by atoms with van der Waals surface area (Å²) in [5.74, 6) is -0.320. The third-order valence-electron chi connectivity index (χ3n) is 2.66. The van der Waals surface area contributed by atoms with Gasteiger partial charge in [0.25, 0.3) is 5.91 Å². The molecule has 1 amide bonds. The molecule has 0 bridgehead atoms. The van der Waals surface area contributed by atoms with E-state index in [1.54, 1.807) is 0 Å². The second-order valence-corrected chi connectivity index (χ2v) is 4.35. The van der Waals surface area contributed by atoms with Crippen LogP contribution in [0, 0.1) is 0 Å². The molecule has 0 saturated carbocycles. The van der Waals surface area contributed by atoms with Crippen molar-refractivity contribution in [3.63, 3.8) is 0 Å². The van der Waals surface area contributed by atoms with E-state index in [0.29, 0.717) is 5.69 Å². The van der Waals surface area contributed by atoms with E-state index in [-0.39, 0.29) is 16.8 Å². The van der Waals surface area contributed by atoms with E-state index < -0.39 is 0 Å². The monoisotopic (exact) mass is 272 g/mol. The van der Waals surface area contributed by atoms with E-state index in [9.17, 15) is 4.79 Å². The Balaban J connectivity index is 1.83. The van der Waals surface area contributed by atoms with Gasteiger partial charge in [0.05, 0.1) is 12.4 Å². The zero-order valence-corrected chi connectivity index (χ0v) is 10.5. The van der Waals surface area contributed by atoms with Crippen LogP contribution in [0.25, 0.3) is 10.9 Å². The van der Waals surface area contributed by atoms with Gasteiger partial charge in [0.15, 0.2) is 0 Å². The van der Waals surface area contributed by atoms with Crippen LogP contribution >= 0.6 is 11.6 Å². The maximum absolute atomic E-state index is 11.9. The number of hydrogen-bond acceptors (Lipinski definition) is 3. The number of nitrogens with one attached hydrogen (secondary N) is 2. The molecule has 2 aromatic heterocycles. The van der Waals surface area contributed by atoms with Gasteiger partial charge in [-0.25, -0.2) is 9.97 Å². The van der Waals surface area contributed by atoms with Gasteiger partial charge in [-0.1, -0.05) is 11.6 Å². The van der Waals surface area contributed by atoms with Crippen LogP contribution in [0.4, 0.5) is 5.69 Å². The molecule has 0 aliphatic rings. The molecular formula is C13H9ClN4O. The van der Waals surface area contributed by atoms with E-state index in [2.05, 4.69) is 20.3 Å². The number of amides is 1. The van der Waals surface area contributed by atoms with Gasteiger partial charge in [-0.2, -0.15) is 0 Å². The van der Waals surface area contributed by atoms with Crippen molar-refractivity contribution < 1.29 is 4.79 Å². The Morgan fingerprint density at radius 1 is 1.21 bits per heavy atom. The van der Waals surface area contributed by atoms with Crippen LogP contribution in [-0.2, 0) is 0 Å². The normalized spacial score (nSPS) is 10.6. The summed E-state index contributed by atoms with van der Waals surface area (Å²) in [5, 5.41) is 4.04. The Hall–Kier alpha value is -2.40. The molecule has 19 heavy (non-hydrogen) atoms.